The molecule has 0 radical (unpaired) electrons. The Morgan fingerprint density at radius 3 is 2.33 bits per heavy atom. The number of carboxylic acids is 1. The van der Waals surface area contributed by atoms with Crippen molar-refractivity contribution in [3.05, 3.63) is 57.6 Å². The van der Waals surface area contributed by atoms with Crippen molar-refractivity contribution < 1.29 is 19.8 Å². The Balaban J connectivity index is 2.27. The van der Waals surface area contributed by atoms with Gasteiger partial charge in [-0.2, -0.15) is 0 Å². The van der Waals surface area contributed by atoms with Gasteiger partial charge in [0.15, 0.2) is 0 Å². The van der Waals surface area contributed by atoms with Crippen LogP contribution in [0.2, 0.25) is 10.0 Å². The zero-order chi connectivity index (χ0) is 15.6. The van der Waals surface area contributed by atoms with Crippen LogP contribution in [0.1, 0.15) is 20.7 Å². The SMILES string of the molecule is O=C(O)c1cc(NC(=O)c2ccc(Cl)cc2Cl)ccc1O. The molecule has 0 fully saturated rings. The molecule has 2 aromatic rings. The van der Waals surface area contributed by atoms with Crippen molar-refractivity contribution in [2.45, 2.75) is 0 Å². The van der Waals surface area contributed by atoms with Crippen molar-refractivity contribution >= 4 is 40.8 Å². The predicted molar refractivity (Wildman–Crippen MR) is 79.5 cm³/mol. The minimum Gasteiger partial charge on any atom is -0.507 e. The molecule has 21 heavy (non-hydrogen) atoms. The van der Waals surface area contributed by atoms with E-state index < -0.39 is 11.9 Å². The zero-order valence-electron chi connectivity index (χ0n) is 10.4. The maximum absolute atomic E-state index is 12.1. The predicted octanol–water partition coefficient (Wildman–Crippen LogP) is 3.65. The summed E-state index contributed by atoms with van der Waals surface area (Å²) in [4.78, 5) is 23.0. The molecule has 0 aliphatic rings. The van der Waals surface area contributed by atoms with Gasteiger partial charge in [-0.3, -0.25) is 4.79 Å². The van der Waals surface area contributed by atoms with Gasteiger partial charge in [0.25, 0.3) is 5.91 Å². The lowest BCUT2D eigenvalue weighted by Crippen LogP contribution is -2.13. The van der Waals surface area contributed by atoms with E-state index in [2.05, 4.69) is 5.32 Å². The van der Waals surface area contributed by atoms with E-state index >= 15 is 0 Å². The van der Waals surface area contributed by atoms with E-state index in [0.717, 1.165) is 6.07 Å². The quantitative estimate of drug-likeness (QED) is 0.752. The molecule has 0 aliphatic heterocycles. The van der Waals surface area contributed by atoms with Gasteiger partial charge < -0.3 is 15.5 Å². The van der Waals surface area contributed by atoms with Gasteiger partial charge in [0, 0.05) is 10.7 Å². The molecule has 0 saturated carbocycles. The Morgan fingerprint density at radius 2 is 1.71 bits per heavy atom. The number of aromatic carboxylic acids is 1. The first-order valence-corrected chi connectivity index (χ1v) is 6.47. The number of anilines is 1. The highest BCUT2D eigenvalue weighted by Gasteiger charge is 2.14. The number of phenols is 1. The summed E-state index contributed by atoms with van der Waals surface area (Å²) in [5.41, 5.74) is 0.113. The fraction of sp³-hybridized carbons (Fsp3) is 0. The van der Waals surface area contributed by atoms with Gasteiger partial charge in [-0.05, 0) is 36.4 Å². The molecule has 0 spiro atoms. The summed E-state index contributed by atoms with van der Waals surface area (Å²) in [7, 11) is 0. The second-order valence-electron chi connectivity index (χ2n) is 4.12. The minimum absolute atomic E-state index is 0.178. The molecule has 2 rings (SSSR count). The molecule has 0 aromatic heterocycles. The molecule has 1 amide bonds. The molecule has 7 heteroatoms. The summed E-state index contributed by atoms with van der Waals surface area (Å²) in [6.45, 7) is 0. The van der Waals surface area contributed by atoms with Gasteiger partial charge >= 0.3 is 5.97 Å². The lowest BCUT2D eigenvalue weighted by Gasteiger charge is -2.08. The Kier molecular flexibility index (Phi) is 4.35. The van der Waals surface area contributed by atoms with Crippen LogP contribution >= 0.6 is 23.2 Å². The van der Waals surface area contributed by atoms with Gasteiger partial charge in [0.1, 0.15) is 11.3 Å². The highest BCUT2D eigenvalue weighted by atomic mass is 35.5. The first-order valence-electron chi connectivity index (χ1n) is 5.71. The Hall–Kier alpha value is -2.24. The first-order chi connectivity index (χ1) is 9.88. The third kappa shape index (κ3) is 3.45. The average Bonchev–Trinajstić information content (AvgIpc) is 2.40. The molecule has 0 unspecified atom stereocenters. The fourth-order valence-corrected chi connectivity index (χ4v) is 2.15. The summed E-state index contributed by atoms with van der Waals surface area (Å²) in [5.74, 6) is -2.20. The van der Waals surface area contributed by atoms with Crippen molar-refractivity contribution in [1.29, 1.82) is 0 Å². The van der Waals surface area contributed by atoms with Crippen LogP contribution in [0.25, 0.3) is 0 Å². The zero-order valence-corrected chi connectivity index (χ0v) is 11.9. The van der Waals surface area contributed by atoms with E-state index in [-0.39, 0.29) is 27.6 Å². The van der Waals surface area contributed by atoms with Crippen LogP contribution < -0.4 is 5.32 Å². The molecule has 3 N–H and O–H groups in total. The molecule has 0 bridgehead atoms. The highest BCUT2D eigenvalue weighted by molar-refractivity contribution is 6.37. The fourth-order valence-electron chi connectivity index (χ4n) is 1.66. The summed E-state index contributed by atoms with van der Waals surface area (Å²) in [6.07, 6.45) is 0. The monoisotopic (exact) mass is 325 g/mol. The third-order valence-corrected chi connectivity index (χ3v) is 3.21. The molecule has 108 valence electrons. The molecule has 2 aromatic carbocycles. The van der Waals surface area contributed by atoms with Crippen molar-refractivity contribution in [3.63, 3.8) is 0 Å². The van der Waals surface area contributed by atoms with Crippen LogP contribution in [0.4, 0.5) is 5.69 Å². The van der Waals surface area contributed by atoms with E-state index in [1.807, 2.05) is 0 Å². The second-order valence-corrected chi connectivity index (χ2v) is 4.96. The van der Waals surface area contributed by atoms with Gasteiger partial charge in [-0.25, -0.2) is 4.79 Å². The van der Waals surface area contributed by atoms with Gasteiger partial charge in [-0.1, -0.05) is 23.2 Å². The number of rotatable bonds is 3. The highest BCUT2D eigenvalue weighted by Crippen LogP contribution is 2.24. The molecule has 0 saturated heterocycles. The number of hydrogen-bond acceptors (Lipinski definition) is 3. The number of benzene rings is 2. The van der Waals surface area contributed by atoms with Crippen LogP contribution in [0.3, 0.4) is 0 Å². The van der Waals surface area contributed by atoms with E-state index in [1.54, 1.807) is 0 Å². The van der Waals surface area contributed by atoms with E-state index in [9.17, 15) is 14.7 Å². The number of halogens is 2. The van der Waals surface area contributed by atoms with E-state index in [0.29, 0.717) is 5.02 Å². The number of aromatic hydroxyl groups is 1. The smallest absolute Gasteiger partial charge is 0.339 e. The summed E-state index contributed by atoms with van der Waals surface area (Å²) < 4.78 is 0. The average molecular weight is 326 g/mol. The van der Waals surface area contributed by atoms with Crippen molar-refractivity contribution in [2.24, 2.45) is 0 Å². The van der Waals surface area contributed by atoms with E-state index in [1.165, 1.54) is 30.3 Å². The number of hydrogen-bond donors (Lipinski definition) is 3. The lowest BCUT2D eigenvalue weighted by molar-refractivity contribution is 0.0693. The van der Waals surface area contributed by atoms with Crippen molar-refractivity contribution in [1.82, 2.24) is 0 Å². The molecular formula is C14H9Cl2NO4. The number of carboxylic acid groups (broad SMARTS) is 1. The molecular weight excluding hydrogens is 317 g/mol. The summed E-state index contributed by atoms with van der Waals surface area (Å²) in [5, 5.41) is 21.4. The van der Waals surface area contributed by atoms with Crippen molar-refractivity contribution in [2.75, 3.05) is 5.32 Å². The Bertz CT molecular complexity index is 731. The van der Waals surface area contributed by atoms with Crippen LogP contribution in [0.5, 0.6) is 5.75 Å². The molecule has 0 aliphatic carbocycles. The van der Waals surface area contributed by atoms with Gasteiger partial charge in [0.2, 0.25) is 0 Å². The minimum atomic E-state index is -1.30. The molecule has 0 heterocycles. The van der Waals surface area contributed by atoms with Crippen molar-refractivity contribution in [3.8, 4) is 5.75 Å². The maximum Gasteiger partial charge on any atom is 0.339 e. The standard InChI is InChI=1S/C14H9Cl2NO4/c15-7-1-3-9(11(16)5-7)13(19)17-8-2-4-12(18)10(6-8)14(20)21/h1-6,18H,(H,17,19)(H,20,21). The van der Waals surface area contributed by atoms with E-state index in [4.69, 9.17) is 28.3 Å². The second kappa shape index (κ2) is 6.03. The third-order valence-electron chi connectivity index (χ3n) is 2.66. The number of carbonyl (C=O) groups is 2. The molecule has 5 nitrogen and oxygen atoms in total. The lowest BCUT2D eigenvalue weighted by atomic mass is 10.1. The number of carbonyl (C=O) groups excluding carboxylic acids is 1. The van der Waals surface area contributed by atoms with Crippen LogP contribution in [0, 0.1) is 0 Å². The number of nitrogens with one attached hydrogen (secondary N) is 1. The Labute approximate surface area is 129 Å². The van der Waals surface area contributed by atoms with Crippen LogP contribution in [-0.4, -0.2) is 22.1 Å². The first kappa shape index (κ1) is 15.2. The largest absolute Gasteiger partial charge is 0.507 e. The Morgan fingerprint density at radius 1 is 1.00 bits per heavy atom. The normalized spacial score (nSPS) is 10.2. The summed E-state index contributed by atoms with van der Waals surface area (Å²) >= 11 is 11.7. The van der Waals surface area contributed by atoms with Gasteiger partial charge in [0.05, 0.1) is 10.6 Å². The van der Waals surface area contributed by atoms with Crippen LogP contribution in [0.15, 0.2) is 36.4 Å². The van der Waals surface area contributed by atoms with Crippen LogP contribution in [-0.2, 0) is 0 Å². The molecule has 0 atom stereocenters. The topological polar surface area (TPSA) is 86.6 Å². The number of amides is 1. The van der Waals surface area contributed by atoms with Gasteiger partial charge in [-0.15, -0.1) is 0 Å². The summed E-state index contributed by atoms with van der Waals surface area (Å²) in [6, 6.07) is 8.11. The maximum atomic E-state index is 12.1.